The highest BCUT2D eigenvalue weighted by atomic mass is 15.3. The van der Waals surface area contributed by atoms with Gasteiger partial charge < -0.3 is 0 Å². The van der Waals surface area contributed by atoms with Crippen LogP contribution in [-0.2, 0) is 0 Å². The summed E-state index contributed by atoms with van der Waals surface area (Å²) in [5.41, 5.74) is 3.45. The predicted molar refractivity (Wildman–Crippen MR) is 55.6 cm³/mol. The molecule has 0 saturated carbocycles. The largest absolute Gasteiger partial charge is 0.237 e. The average Bonchev–Trinajstić information content (AvgIpc) is 2.47. The minimum atomic E-state index is 0.876. The Kier molecular flexibility index (Phi) is 2.08. The molecule has 72 valence electrons. The molecule has 2 aromatic rings. The molecule has 0 N–H and O–H groups in total. The molecule has 14 heavy (non-hydrogen) atoms. The van der Waals surface area contributed by atoms with Crippen molar-refractivity contribution in [2.45, 2.75) is 20.8 Å². The molecule has 2 heterocycles. The highest BCUT2D eigenvalue weighted by Crippen LogP contribution is 2.14. The van der Waals surface area contributed by atoms with Gasteiger partial charge in [0.05, 0.1) is 5.69 Å². The van der Waals surface area contributed by atoms with Crippen LogP contribution < -0.4 is 0 Å². The first kappa shape index (κ1) is 8.94. The smallest absolute Gasteiger partial charge is 0.153 e. The van der Waals surface area contributed by atoms with E-state index < -0.39 is 0 Å². The maximum atomic E-state index is 4.43. The van der Waals surface area contributed by atoms with E-state index in [2.05, 4.69) is 23.9 Å². The van der Waals surface area contributed by atoms with E-state index in [4.69, 9.17) is 0 Å². The molecule has 0 aliphatic rings. The van der Waals surface area contributed by atoms with Crippen molar-refractivity contribution >= 4 is 0 Å². The van der Waals surface area contributed by atoms with Crippen molar-refractivity contribution < 1.29 is 0 Å². The van der Waals surface area contributed by atoms with Crippen LogP contribution in [0.2, 0.25) is 0 Å². The van der Waals surface area contributed by atoms with Crippen LogP contribution in [-0.4, -0.2) is 14.8 Å². The van der Waals surface area contributed by atoms with Gasteiger partial charge in [-0.3, -0.25) is 0 Å². The van der Waals surface area contributed by atoms with Crippen LogP contribution in [0.15, 0.2) is 24.4 Å². The van der Waals surface area contributed by atoms with E-state index in [-0.39, 0.29) is 0 Å². The highest BCUT2D eigenvalue weighted by molar-refractivity contribution is 5.30. The van der Waals surface area contributed by atoms with Gasteiger partial charge in [0.2, 0.25) is 0 Å². The summed E-state index contributed by atoms with van der Waals surface area (Å²) in [6.07, 6.45) is 1.78. The quantitative estimate of drug-likeness (QED) is 0.685. The van der Waals surface area contributed by atoms with Crippen molar-refractivity contribution in [2.24, 2.45) is 0 Å². The maximum absolute atomic E-state index is 4.43. The van der Waals surface area contributed by atoms with Crippen LogP contribution in [0.25, 0.3) is 5.82 Å². The topological polar surface area (TPSA) is 30.7 Å². The highest BCUT2D eigenvalue weighted by Gasteiger charge is 2.08. The second-order valence-electron chi connectivity index (χ2n) is 3.40. The van der Waals surface area contributed by atoms with Crippen molar-refractivity contribution in [3.8, 4) is 5.82 Å². The van der Waals surface area contributed by atoms with Crippen LogP contribution in [0.5, 0.6) is 0 Å². The molecule has 3 nitrogen and oxygen atoms in total. The second kappa shape index (κ2) is 3.25. The zero-order chi connectivity index (χ0) is 10.1. The van der Waals surface area contributed by atoms with Gasteiger partial charge in [-0.25, -0.2) is 9.67 Å². The maximum Gasteiger partial charge on any atom is 0.153 e. The summed E-state index contributed by atoms with van der Waals surface area (Å²) < 4.78 is 1.88. The summed E-state index contributed by atoms with van der Waals surface area (Å²) in [6, 6.07) is 5.83. The molecule has 0 aromatic carbocycles. The second-order valence-corrected chi connectivity index (χ2v) is 3.40. The van der Waals surface area contributed by atoms with Gasteiger partial charge >= 0.3 is 0 Å². The summed E-state index contributed by atoms with van der Waals surface area (Å²) >= 11 is 0. The molecule has 0 aliphatic carbocycles. The van der Waals surface area contributed by atoms with Crippen LogP contribution >= 0.6 is 0 Å². The van der Waals surface area contributed by atoms with Crippen molar-refractivity contribution in [1.82, 2.24) is 14.8 Å². The number of pyridine rings is 1. The molecule has 0 radical (unpaired) electrons. The fraction of sp³-hybridized carbons (Fsp3) is 0.273. The Balaban J connectivity index is 2.58. The molecule has 2 aromatic heterocycles. The van der Waals surface area contributed by atoms with Crippen molar-refractivity contribution in [3.05, 3.63) is 41.3 Å². The molecule has 0 bridgehead atoms. The van der Waals surface area contributed by atoms with Crippen LogP contribution in [0.3, 0.4) is 0 Å². The number of hydrogen-bond acceptors (Lipinski definition) is 2. The van der Waals surface area contributed by atoms with Gasteiger partial charge in [0.25, 0.3) is 0 Å². The Morgan fingerprint density at radius 2 is 1.93 bits per heavy atom. The molecule has 0 fully saturated rings. The van der Waals surface area contributed by atoms with E-state index >= 15 is 0 Å². The van der Waals surface area contributed by atoms with Crippen LogP contribution in [0.1, 0.15) is 17.0 Å². The third kappa shape index (κ3) is 1.31. The zero-order valence-electron chi connectivity index (χ0n) is 8.65. The van der Waals surface area contributed by atoms with E-state index in [1.54, 1.807) is 6.20 Å². The van der Waals surface area contributed by atoms with Gasteiger partial charge in [0.15, 0.2) is 5.82 Å². The summed E-state index contributed by atoms with van der Waals surface area (Å²) in [5.74, 6) is 0.876. The molecular formula is C11H13N3. The monoisotopic (exact) mass is 187 g/mol. The predicted octanol–water partition coefficient (Wildman–Crippen LogP) is 2.19. The lowest BCUT2D eigenvalue weighted by Gasteiger charge is -2.01. The van der Waals surface area contributed by atoms with E-state index in [1.807, 2.05) is 29.8 Å². The van der Waals surface area contributed by atoms with Gasteiger partial charge in [0, 0.05) is 11.9 Å². The Morgan fingerprint density at radius 3 is 2.43 bits per heavy atom. The Morgan fingerprint density at radius 1 is 1.14 bits per heavy atom. The molecule has 0 amide bonds. The molecule has 0 spiro atoms. The minimum Gasteiger partial charge on any atom is -0.237 e. The standard InChI is InChI=1S/C11H13N3/c1-8-9(2)13-14(10(8)3)11-6-4-5-7-12-11/h4-7H,1-3H3. The molecule has 3 heteroatoms. The molecule has 0 aliphatic heterocycles. The third-order valence-electron chi connectivity index (χ3n) is 2.52. The lowest BCUT2D eigenvalue weighted by molar-refractivity contribution is 0.806. The van der Waals surface area contributed by atoms with E-state index in [1.165, 1.54) is 5.56 Å². The number of hydrogen-bond donors (Lipinski definition) is 0. The van der Waals surface area contributed by atoms with E-state index in [0.29, 0.717) is 0 Å². The van der Waals surface area contributed by atoms with Gasteiger partial charge in [-0.05, 0) is 38.5 Å². The summed E-state index contributed by atoms with van der Waals surface area (Å²) in [5, 5.41) is 4.43. The van der Waals surface area contributed by atoms with Gasteiger partial charge in [0.1, 0.15) is 0 Å². The lowest BCUT2D eigenvalue weighted by Crippen LogP contribution is -2.01. The number of rotatable bonds is 1. The Hall–Kier alpha value is -1.64. The molecular weight excluding hydrogens is 174 g/mol. The fourth-order valence-electron chi connectivity index (χ4n) is 1.42. The van der Waals surface area contributed by atoms with Gasteiger partial charge in [-0.2, -0.15) is 5.10 Å². The summed E-state index contributed by atoms with van der Waals surface area (Å²) in [6.45, 7) is 6.16. The zero-order valence-corrected chi connectivity index (χ0v) is 8.65. The van der Waals surface area contributed by atoms with Crippen molar-refractivity contribution in [1.29, 1.82) is 0 Å². The van der Waals surface area contributed by atoms with Crippen molar-refractivity contribution in [3.63, 3.8) is 0 Å². The molecule has 0 atom stereocenters. The fourth-order valence-corrected chi connectivity index (χ4v) is 1.42. The SMILES string of the molecule is Cc1nn(-c2ccccn2)c(C)c1C. The first-order valence-corrected chi connectivity index (χ1v) is 4.64. The first-order chi connectivity index (χ1) is 6.70. The Bertz CT molecular complexity index is 443. The van der Waals surface area contributed by atoms with E-state index in [0.717, 1.165) is 17.2 Å². The van der Waals surface area contributed by atoms with Gasteiger partial charge in [-0.15, -0.1) is 0 Å². The molecule has 0 saturated heterocycles. The lowest BCUT2D eigenvalue weighted by atomic mass is 10.2. The van der Waals surface area contributed by atoms with Crippen molar-refractivity contribution in [2.75, 3.05) is 0 Å². The number of aryl methyl sites for hydroxylation is 1. The van der Waals surface area contributed by atoms with Crippen LogP contribution in [0, 0.1) is 20.8 Å². The average molecular weight is 187 g/mol. The number of aromatic nitrogens is 3. The first-order valence-electron chi connectivity index (χ1n) is 4.64. The normalized spacial score (nSPS) is 10.5. The Labute approximate surface area is 83.4 Å². The molecule has 2 rings (SSSR count). The van der Waals surface area contributed by atoms with Crippen LogP contribution in [0.4, 0.5) is 0 Å². The summed E-state index contributed by atoms with van der Waals surface area (Å²) in [4.78, 5) is 4.26. The van der Waals surface area contributed by atoms with Gasteiger partial charge in [-0.1, -0.05) is 6.07 Å². The summed E-state index contributed by atoms with van der Waals surface area (Å²) in [7, 11) is 0. The molecule has 0 unspecified atom stereocenters. The number of nitrogens with zero attached hydrogens (tertiary/aromatic N) is 3. The van der Waals surface area contributed by atoms with E-state index in [9.17, 15) is 0 Å². The minimum absolute atomic E-state index is 0.876. The third-order valence-corrected chi connectivity index (χ3v) is 2.52.